The number of aldehydes is 1. The standard InChI is InChI=1S/C21H24FN3O/c1-3-24(4-2)12-7-13-25-20-9-6-5-8-19(20)23-21(25)17-11-10-16(15-26)14-18(17)22/h5-6,8-11,14-15H,3-4,7,12-13H2,1-2H3. The van der Waals surface area contributed by atoms with Crippen LogP contribution in [0.4, 0.5) is 4.39 Å². The Labute approximate surface area is 153 Å². The van der Waals surface area contributed by atoms with E-state index in [0.717, 1.165) is 43.6 Å². The van der Waals surface area contributed by atoms with Crippen molar-refractivity contribution >= 4 is 17.3 Å². The molecule has 0 saturated heterocycles. The van der Waals surface area contributed by atoms with Crippen LogP contribution >= 0.6 is 0 Å². The molecule has 0 aliphatic rings. The lowest BCUT2D eigenvalue weighted by atomic mass is 10.1. The number of carbonyl (C=O) groups is 1. The van der Waals surface area contributed by atoms with Gasteiger partial charge in [-0.05, 0) is 50.3 Å². The van der Waals surface area contributed by atoms with Crippen molar-refractivity contribution in [2.75, 3.05) is 19.6 Å². The molecule has 0 N–H and O–H groups in total. The number of halogens is 1. The van der Waals surface area contributed by atoms with Crippen LogP contribution in [-0.4, -0.2) is 40.4 Å². The summed E-state index contributed by atoms with van der Waals surface area (Å²) in [6.45, 7) is 8.12. The first kappa shape index (κ1) is 18.3. The van der Waals surface area contributed by atoms with E-state index in [2.05, 4.69) is 28.3 Å². The molecule has 3 aromatic rings. The number of rotatable bonds is 8. The zero-order valence-electron chi connectivity index (χ0n) is 15.3. The summed E-state index contributed by atoms with van der Waals surface area (Å²) in [6.07, 6.45) is 1.61. The lowest BCUT2D eigenvalue weighted by Gasteiger charge is -2.18. The lowest BCUT2D eigenvalue weighted by Crippen LogP contribution is -2.24. The van der Waals surface area contributed by atoms with E-state index in [1.807, 2.05) is 24.3 Å². The molecule has 0 amide bonds. The number of hydrogen-bond donors (Lipinski definition) is 0. The molecule has 0 aliphatic heterocycles. The van der Waals surface area contributed by atoms with Crippen molar-refractivity contribution in [2.24, 2.45) is 0 Å². The van der Waals surface area contributed by atoms with Crippen LogP contribution in [0.25, 0.3) is 22.4 Å². The zero-order valence-corrected chi connectivity index (χ0v) is 15.3. The Kier molecular flexibility index (Phi) is 5.78. The highest BCUT2D eigenvalue weighted by Crippen LogP contribution is 2.27. The Bertz CT molecular complexity index is 899. The third kappa shape index (κ3) is 3.68. The highest BCUT2D eigenvalue weighted by molar-refractivity contribution is 5.82. The van der Waals surface area contributed by atoms with Gasteiger partial charge in [-0.1, -0.05) is 32.0 Å². The van der Waals surface area contributed by atoms with Crippen molar-refractivity contribution in [2.45, 2.75) is 26.8 Å². The van der Waals surface area contributed by atoms with Gasteiger partial charge in [-0.25, -0.2) is 9.37 Å². The monoisotopic (exact) mass is 353 g/mol. The minimum absolute atomic E-state index is 0.329. The van der Waals surface area contributed by atoms with Crippen LogP contribution in [0.2, 0.25) is 0 Å². The summed E-state index contributed by atoms with van der Waals surface area (Å²) < 4.78 is 16.7. The molecule has 0 aliphatic carbocycles. The second kappa shape index (κ2) is 8.23. The molecule has 1 aromatic heterocycles. The minimum atomic E-state index is -0.421. The van der Waals surface area contributed by atoms with Gasteiger partial charge < -0.3 is 9.47 Å². The highest BCUT2D eigenvalue weighted by Gasteiger charge is 2.16. The fraction of sp³-hybridized carbons (Fsp3) is 0.333. The fourth-order valence-corrected chi connectivity index (χ4v) is 3.29. The lowest BCUT2D eigenvalue weighted by molar-refractivity contribution is 0.112. The number of imidazole rings is 1. The number of benzene rings is 2. The van der Waals surface area contributed by atoms with Gasteiger partial charge >= 0.3 is 0 Å². The topological polar surface area (TPSA) is 38.1 Å². The number of aryl methyl sites for hydroxylation is 1. The van der Waals surface area contributed by atoms with Crippen molar-refractivity contribution < 1.29 is 9.18 Å². The van der Waals surface area contributed by atoms with E-state index < -0.39 is 5.82 Å². The van der Waals surface area contributed by atoms with Crippen LogP contribution < -0.4 is 0 Å². The summed E-state index contributed by atoms with van der Waals surface area (Å²) >= 11 is 0. The number of para-hydroxylation sites is 2. The third-order valence-corrected chi connectivity index (χ3v) is 4.78. The average molecular weight is 353 g/mol. The summed E-state index contributed by atoms with van der Waals surface area (Å²) in [5.74, 6) is 0.190. The van der Waals surface area contributed by atoms with Gasteiger partial charge in [-0.2, -0.15) is 0 Å². The third-order valence-electron chi connectivity index (χ3n) is 4.78. The molecule has 26 heavy (non-hydrogen) atoms. The molecule has 5 heteroatoms. The van der Waals surface area contributed by atoms with Crippen LogP contribution in [0.5, 0.6) is 0 Å². The van der Waals surface area contributed by atoms with Crippen LogP contribution in [0.3, 0.4) is 0 Å². The molecule has 3 rings (SSSR count). The van der Waals surface area contributed by atoms with E-state index in [-0.39, 0.29) is 0 Å². The van der Waals surface area contributed by atoms with Crippen molar-refractivity contribution in [3.8, 4) is 11.4 Å². The predicted molar refractivity (Wildman–Crippen MR) is 103 cm³/mol. The van der Waals surface area contributed by atoms with Gasteiger partial charge in [-0.3, -0.25) is 4.79 Å². The van der Waals surface area contributed by atoms with Crippen molar-refractivity contribution in [1.29, 1.82) is 0 Å². The number of hydrogen-bond acceptors (Lipinski definition) is 3. The molecule has 136 valence electrons. The molecule has 4 nitrogen and oxygen atoms in total. The highest BCUT2D eigenvalue weighted by atomic mass is 19.1. The Hall–Kier alpha value is -2.53. The van der Waals surface area contributed by atoms with Gasteiger partial charge in [0.1, 0.15) is 17.9 Å². The van der Waals surface area contributed by atoms with E-state index in [0.29, 0.717) is 23.2 Å². The van der Waals surface area contributed by atoms with E-state index in [9.17, 15) is 9.18 Å². The molecular weight excluding hydrogens is 329 g/mol. The van der Waals surface area contributed by atoms with Crippen molar-refractivity contribution in [3.05, 3.63) is 53.8 Å². The summed E-state index contributed by atoms with van der Waals surface area (Å²) in [7, 11) is 0. The van der Waals surface area contributed by atoms with Crippen molar-refractivity contribution in [1.82, 2.24) is 14.5 Å². The maximum absolute atomic E-state index is 14.6. The van der Waals surface area contributed by atoms with E-state index >= 15 is 0 Å². The summed E-state index contributed by atoms with van der Waals surface area (Å²) in [6, 6.07) is 12.4. The maximum atomic E-state index is 14.6. The SMILES string of the molecule is CCN(CC)CCCn1c(-c2ccc(C=O)cc2F)nc2ccccc21. The van der Waals surface area contributed by atoms with Gasteiger partial charge in [0.25, 0.3) is 0 Å². The number of fused-ring (bicyclic) bond motifs is 1. The first-order valence-corrected chi connectivity index (χ1v) is 9.10. The van der Waals surface area contributed by atoms with Crippen LogP contribution in [0, 0.1) is 5.82 Å². The predicted octanol–water partition coefficient (Wildman–Crippen LogP) is 4.39. The van der Waals surface area contributed by atoms with Gasteiger partial charge in [0.15, 0.2) is 0 Å². The first-order chi connectivity index (χ1) is 12.7. The van der Waals surface area contributed by atoms with Crippen LogP contribution in [-0.2, 0) is 6.54 Å². The van der Waals surface area contributed by atoms with Gasteiger partial charge in [0, 0.05) is 12.1 Å². The average Bonchev–Trinajstić information content (AvgIpc) is 3.03. The molecule has 0 spiro atoms. The maximum Gasteiger partial charge on any atom is 0.150 e. The molecule has 0 radical (unpaired) electrons. The Balaban J connectivity index is 1.98. The molecule has 0 atom stereocenters. The Morgan fingerprint density at radius 3 is 2.62 bits per heavy atom. The van der Waals surface area contributed by atoms with E-state index in [4.69, 9.17) is 0 Å². The van der Waals surface area contributed by atoms with E-state index in [1.165, 1.54) is 6.07 Å². The largest absolute Gasteiger partial charge is 0.324 e. The zero-order chi connectivity index (χ0) is 18.5. The molecular formula is C21H24FN3O. The normalized spacial score (nSPS) is 11.4. The molecule has 1 heterocycles. The molecule has 0 fully saturated rings. The molecule has 2 aromatic carbocycles. The summed E-state index contributed by atoms with van der Waals surface area (Å²) in [4.78, 5) is 17.9. The minimum Gasteiger partial charge on any atom is -0.324 e. The second-order valence-corrected chi connectivity index (χ2v) is 6.31. The Morgan fingerprint density at radius 2 is 1.92 bits per heavy atom. The van der Waals surface area contributed by atoms with Crippen LogP contribution in [0.1, 0.15) is 30.6 Å². The first-order valence-electron chi connectivity index (χ1n) is 9.10. The molecule has 0 bridgehead atoms. The number of nitrogens with zero attached hydrogens (tertiary/aromatic N) is 3. The smallest absolute Gasteiger partial charge is 0.150 e. The number of carbonyl (C=O) groups excluding carboxylic acids is 1. The Morgan fingerprint density at radius 1 is 1.15 bits per heavy atom. The van der Waals surface area contributed by atoms with Gasteiger partial charge in [0.05, 0.1) is 16.6 Å². The molecule has 0 unspecified atom stereocenters. The molecule has 0 saturated carbocycles. The fourth-order valence-electron chi connectivity index (χ4n) is 3.29. The number of aromatic nitrogens is 2. The van der Waals surface area contributed by atoms with Crippen LogP contribution in [0.15, 0.2) is 42.5 Å². The summed E-state index contributed by atoms with van der Waals surface area (Å²) in [5, 5.41) is 0. The van der Waals surface area contributed by atoms with Gasteiger partial charge in [-0.15, -0.1) is 0 Å². The summed E-state index contributed by atoms with van der Waals surface area (Å²) in [5.41, 5.74) is 2.61. The van der Waals surface area contributed by atoms with Crippen molar-refractivity contribution in [3.63, 3.8) is 0 Å². The van der Waals surface area contributed by atoms with E-state index in [1.54, 1.807) is 12.1 Å². The second-order valence-electron chi connectivity index (χ2n) is 6.31. The quantitative estimate of drug-likeness (QED) is 0.564. The van der Waals surface area contributed by atoms with Gasteiger partial charge in [0.2, 0.25) is 0 Å².